The summed E-state index contributed by atoms with van der Waals surface area (Å²) in [6, 6.07) is 14.6. The van der Waals surface area contributed by atoms with Crippen LogP contribution in [0.25, 0.3) is 12.2 Å². The normalized spacial score (nSPS) is 12.7. The van der Waals surface area contributed by atoms with Crippen LogP contribution in [0.2, 0.25) is 0 Å². The van der Waals surface area contributed by atoms with Crippen LogP contribution >= 0.6 is 0 Å². The first-order chi connectivity index (χ1) is 19.5. The molecule has 0 aliphatic carbocycles. The van der Waals surface area contributed by atoms with Crippen molar-refractivity contribution in [3.8, 4) is 5.75 Å². The van der Waals surface area contributed by atoms with Crippen molar-refractivity contribution in [3.05, 3.63) is 59.7 Å². The predicted octanol–water partition coefficient (Wildman–Crippen LogP) is 10.00. The Morgan fingerprint density at radius 3 is 1.45 bits per heavy atom. The van der Waals surface area contributed by atoms with Crippen LogP contribution in [0.1, 0.15) is 134 Å². The molecular formula is C35H54O4S. The Hall–Kier alpha value is -2.11. The molecule has 0 bridgehead atoms. The molecule has 2 aromatic carbocycles. The number of aliphatic hydroxyl groups excluding tert-OH is 1. The summed E-state index contributed by atoms with van der Waals surface area (Å²) >= 11 is 0. The molecule has 0 fully saturated rings. The minimum absolute atomic E-state index is 0.143. The molecule has 2 rings (SSSR count). The molecule has 224 valence electrons. The van der Waals surface area contributed by atoms with Crippen LogP contribution in [0.5, 0.6) is 5.75 Å². The molecule has 1 unspecified atom stereocenters. The third kappa shape index (κ3) is 14.0. The largest absolute Gasteiger partial charge is 0.494 e. The van der Waals surface area contributed by atoms with E-state index in [0.717, 1.165) is 29.9 Å². The van der Waals surface area contributed by atoms with Gasteiger partial charge in [0.25, 0.3) is 0 Å². The van der Waals surface area contributed by atoms with Gasteiger partial charge in [-0.2, -0.15) is 0 Å². The van der Waals surface area contributed by atoms with E-state index in [-0.39, 0.29) is 11.3 Å². The van der Waals surface area contributed by atoms with Crippen molar-refractivity contribution >= 4 is 22.0 Å². The van der Waals surface area contributed by atoms with Gasteiger partial charge >= 0.3 is 0 Å². The molecule has 0 aromatic heterocycles. The van der Waals surface area contributed by atoms with Gasteiger partial charge < -0.3 is 9.84 Å². The molecule has 0 radical (unpaired) electrons. The molecule has 0 saturated heterocycles. The standard InChI is InChI=1S/C35H54O4S/c1-3-5-6-7-8-9-10-11-12-13-14-15-16-17-18-19-30-39-33-26-22-31(23-27-33)20-21-32-24-28-34(29-25-32)40(37,38)35(36)4-2/h20-29,35-36H,3-19,30H2,1-2H3. The molecule has 0 aliphatic rings. The van der Waals surface area contributed by atoms with Gasteiger partial charge in [-0.25, -0.2) is 8.42 Å². The van der Waals surface area contributed by atoms with Crippen LogP contribution in [0.3, 0.4) is 0 Å². The number of sulfone groups is 1. The number of aliphatic hydroxyl groups is 1. The fraction of sp³-hybridized carbons (Fsp3) is 0.600. The highest BCUT2D eigenvalue weighted by Gasteiger charge is 2.23. The second-order valence-electron chi connectivity index (χ2n) is 11.0. The lowest BCUT2D eigenvalue weighted by Gasteiger charge is -2.09. The lowest BCUT2D eigenvalue weighted by atomic mass is 10.0. The van der Waals surface area contributed by atoms with Crippen LogP contribution in [0, 0.1) is 0 Å². The molecule has 0 amide bonds. The van der Waals surface area contributed by atoms with E-state index in [0.29, 0.717) is 0 Å². The summed E-state index contributed by atoms with van der Waals surface area (Å²) in [4.78, 5) is 0.143. The van der Waals surface area contributed by atoms with E-state index in [1.807, 2.05) is 36.4 Å². The Morgan fingerprint density at radius 2 is 1.02 bits per heavy atom. The van der Waals surface area contributed by atoms with Crippen LogP contribution in [-0.2, 0) is 9.84 Å². The van der Waals surface area contributed by atoms with Gasteiger partial charge in [-0.1, -0.05) is 147 Å². The zero-order valence-corrected chi connectivity index (χ0v) is 26.0. The van der Waals surface area contributed by atoms with Crippen molar-refractivity contribution in [2.24, 2.45) is 0 Å². The van der Waals surface area contributed by atoms with Crippen LogP contribution < -0.4 is 4.74 Å². The summed E-state index contributed by atoms with van der Waals surface area (Å²) in [5.41, 5.74) is 0.584. The number of hydrogen-bond donors (Lipinski definition) is 1. The van der Waals surface area contributed by atoms with E-state index >= 15 is 0 Å². The highest BCUT2D eigenvalue weighted by atomic mass is 32.2. The van der Waals surface area contributed by atoms with Gasteiger partial charge in [0.2, 0.25) is 9.84 Å². The minimum Gasteiger partial charge on any atom is -0.494 e. The lowest BCUT2D eigenvalue weighted by molar-refractivity contribution is 0.244. The number of unbranched alkanes of at least 4 members (excludes halogenated alkanes) is 15. The Labute approximate surface area is 245 Å². The fourth-order valence-corrected chi connectivity index (χ4v) is 6.12. The highest BCUT2D eigenvalue weighted by molar-refractivity contribution is 7.91. The summed E-state index contributed by atoms with van der Waals surface area (Å²) in [7, 11) is -3.68. The average Bonchev–Trinajstić information content (AvgIpc) is 2.98. The zero-order chi connectivity index (χ0) is 28.9. The van der Waals surface area contributed by atoms with Crippen LogP contribution in [-0.4, -0.2) is 25.6 Å². The average molecular weight is 571 g/mol. The Bertz CT molecular complexity index is 1030. The molecule has 0 saturated carbocycles. The number of ether oxygens (including phenoxy) is 1. The third-order valence-corrected chi connectivity index (χ3v) is 9.51. The lowest BCUT2D eigenvalue weighted by Crippen LogP contribution is -2.19. The predicted molar refractivity (Wildman–Crippen MR) is 170 cm³/mol. The quantitative estimate of drug-likeness (QED) is 0.107. The molecule has 40 heavy (non-hydrogen) atoms. The summed E-state index contributed by atoms with van der Waals surface area (Å²) < 4.78 is 30.4. The van der Waals surface area contributed by atoms with E-state index in [1.54, 1.807) is 31.2 Å². The third-order valence-electron chi connectivity index (χ3n) is 7.53. The number of rotatable bonds is 23. The molecule has 2 aromatic rings. The van der Waals surface area contributed by atoms with Crippen molar-refractivity contribution in [1.82, 2.24) is 0 Å². The molecular weight excluding hydrogens is 516 g/mol. The van der Waals surface area contributed by atoms with E-state index in [1.165, 1.54) is 96.3 Å². The van der Waals surface area contributed by atoms with Gasteiger partial charge in [-0.3, -0.25) is 0 Å². The molecule has 0 heterocycles. The van der Waals surface area contributed by atoms with Crippen molar-refractivity contribution < 1.29 is 18.3 Å². The van der Waals surface area contributed by atoms with Gasteiger partial charge in [0.1, 0.15) is 5.75 Å². The van der Waals surface area contributed by atoms with Gasteiger partial charge in [0.05, 0.1) is 11.5 Å². The molecule has 0 spiro atoms. The summed E-state index contributed by atoms with van der Waals surface area (Å²) in [6.07, 6.45) is 26.0. The van der Waals surface area contributed by atoms with Crippen molar-refractivity contribution in [2.45, 2.75) is 133 Å². The fourth-order valence-electron chi connectivity index (χ4n) is 4.85. The maximum absolute atomic E-state index is 12.2. The van der Waals surface area contributed by atoms with Crippen LogP contribution in [0.4, 0.5) is 0 Å². The second kappa shape index (κ2) is 20.7. The molecule has 5 heteroatoms. The first-order valence-corrected chi connectivity index (χ1v) is 17.4. The van der Waals surface area contributed by atoms with Crippen LogP contribution in [0.15, 0.2) is 53.4 Å². The van der Waals surface area contributed by atoms with E-state index in [9.17, 15) is 13.5 Å². The van der Waals surface area contributed by atoms with Crippen molar-refractivity contribution in [3.63, 3.8) is 0 Å². The first kappa shape index (κ1) is 34.1. The van der Waals surface area contributed by atoms with E-state index in [4.69, 9.17) is 4.74 Å². The van der Waals surface area contributed by atoms with E-state index < -0.39 is 15.3 Å². The van der Waals surface area contributed by atoms with Crippen molar-refractivity contribution in [2.75, 3.05) is 6.61 Å². The summed E-state index contributed by atoms with van der Waals surface area (Å²) in [5, 5.41) is 9.74. The molecule has 1 N–H and O–H groups in total. The Kier molecular flexibility index (Phi) is 17.7. The number of benzene rings is 2. The van der Waals surface area contributed by atoms with Gasteiger partial charge in [-0.05, 0) is 48.2 Å². The SMILES string of the molecule is CCCCCCCCCCCCCCCCCCOc1ccc(C=Cc2ccc(S(=O)(=O)C(O)CC)cc2)cc1. The van der Waals surface area contributed by atoms with E-state index in [2.05, 4.69) is 6.92 Å². The monoisotopic (exact) mass is 570 g/mol. The second-order valence-corrected chi connectivity index (χ2v) is 13.1. The smallest absolute Gasteiger partial charge is 0.204 e. The van der Waals surface area contributed by atoms with Gasteiger partial charge in [-0.15, -0.1) is 0 Å². The minimum atomic E-state index is -3.68. The highest BCUT2D eigenvalue weighted by Crippen LogP contribution is 2.20. The summed E-state index contributed by atoms with van der Waals surface area (Å²) in [6.45, 7) is 4.69. The van der Waals surface area contributed by atoms with Gasteiger partial charge in [0.15, 0.2) is 5.44 Å². The molecule has 0 aliphatic heterocycles. The van der Waals surface area contributed by atoms with Gasteiger partial charge in [0, 0.05) is 0 Å². The zero-order valence-electron chi connectivity index (χ0n) is 25.2. The number of hydrogen-bond acceptors (Lipinski definition) is 4. The Balaban J connectivity index is 1.50. The molecule has 4 nitrogen and oxygen atoms in total. The maximum Gasteiger partial charge on any atom is 0.204 e. The topological polar surface area (TPSA) is 63.6 Å². The maximum atomic E-state index is 12.2. The molecule has 1 atom stereocenters. The van der Waals surface area contributed by atoms with Crippen molar-refractivity contribution in [1.29, 1.82) is 0 Å². The first-order valence-electron chi connectivity index (χ1n) is 15.9. The summed E-state index contributed by atoms with van der Waals surface area (Å²) in [5.74, 6) is 0.891. The Morgan fingerprint density at radius 1 is 0.625 bits per heavy atom.